The highest BCUT2D eigenvalue weighted by Gasteiger charge is 2.25. The highest BCUT2D eigenvalue weighted by molar-refractivity contribution is 5.76. The largest absolute Gasteiger partial charge is 0.421 e. The van der Waals surface area contributed by atoms with Crippen LogP contribution in [0.3, 0.4) is 0 Å². The molecular formula is C22H23N3O3. The Bertz CT molecular complexity index is 896. The van der Waals surface area contributed by atoms with Gasteiger partial charge in [-0.25, -0.2) is 0 Å². The molecule has 0 radical (unpaired) electrons. The van der Waals surface area contributed by atoms with E-state index >= 15 is 0 Å². The molecule has 1 amide bonds. The fraction of sp³-hybridized carbons (Fsp3) is 0.318. The second-order valence-corrected chi connectivity index (χ2v) is 6.83. The van der Waals surface area contributed by atoms with Gasteiger partial charge in [-0.05, 0) is 24.1 Å². The molecule has 1 fully saturated rings. The van der Waals surface area contributed by atoms with Gasteiger partial charge in [-0.3, -0.25) is 4.79 Å². The fourth-order valence-electron chi connectivity index (χ4n) is 3.35. The predicted octanol–water partition coefficient (Wildman–Crippen LogP) is 3.66. The maximum atomic E-state index is 12.6. The molecule has 0 unspecified atom stereocenters. The van der Waals surface area contributed by atoms with Gasteiger partial charge in [0.15, 0.2) is 0 Å². The van der Waals surface area contributed by atoms with Gasteiger partial charge in [-0.15, -0.1) is 10.2 Å². The summed E-state index contributed by atoms with van der Waals surface area (Å²) in [5.41, 5.74) is 2.01. The Balaban J connectivity index is 1.27. The van der Waals surface area contributed by atoms with Gasteiger partial charge in [0.05, 0.1) is 13.2 Å². The summed E-state index contributed by atoms with van der Waals surface area (Å²) in [4.78, 5) is 14.5. The number of rotatable bonds is 6. The predicted molar refractivity (Wildman–Crippen MR) is 104 cm³/mol. The highest BCUT2D eigenvalue weighted by Crippen LogP contribution is 2.23. The lowest BCUT2D eigenvalue weighted by Gasteiger charge is -2.33. The molecule has 3 aromatic rings. The molecule has 1 atom stereocenters. The topological polar surface area (TPSA) is 68.5 Å². The molecule has 0 spiro atoms. The number of aromatic nitrogens is 2. The number of hydrogen-bond donors (Lipinski definition) is 0. The molecule has 1 saturated heterocycles. The van der Waals surface area contributed by atoms with Crippen LogP contribution in [0.15, 0.2) is 65.1 Å². The monoisotopic (exact) mass is 377 g/mol. The van der Waals surface area contributed by atoms with E-state index in [-0.39, 0.29) is 12.0 Å². The van der Waals surface area contributed by atoms with Crippen molar-refractivity contribution in [2.24, 2.45) is 0 Å². The summed E-state index contributed by atoms with van der Waals surface area (Å²) < 4.78 is 11.5. The Morgan fingerprint density at radius 1 is 1.04 bits per heavy atom. The minimum atomic E-state index is -0.0525. The minimum absolute atomic E-state index is 0.0525. The van der Waals surface area contributed by atoms with E-state index in [4.69, 9.17) is 9.15 Å². The number of hydrogen-bond acceptors (Lipinski definition) is 5. The molecule has 144 valence electrons. The number of carbonyl (C=O) groups excluding carboxylic acids is 1. The summed E-state index contributed by atoms with van der Waals surface area (Å²) in [7, 11) is 0. The standard InChI is InChI=1S/C22H23N3O3/c26-21(25-14-15-27-19(16-25)17-8-3-1-4-9-17)13-7-12-20-23-24-22(28-20)18-10-5-2-6-11-18/h1-6,8-11,19H,7,12-16H2/t19-/m0/s1. The van der Waals surface area contributed by atoms with Crippen LogP contribution in [0.4, 0.5) is 0 Å². The molecule has 6 nitrogen and oxygen atoms in total. The number of morpholine rings is 1. The Morgan fingerprint density at radius 2 is 1.79 bits per heavy atom. The highest BCUT2D eigenvalue weighted by atomic mass is 16.5. The SMILES string of the molecule is O=C(CCCc1nnc(-c2ccccc2)o1)N1CCO[C@H](c2ccccc2)C1. The van der Waals surface area contributed by atoms with Gasteiger partial charge in [0.2, 0.25) is 17.7 Å². The third-order valence-electron chi connectivity index (χ3n) is 4.86. The van der Waals surface area contributed by atoms with Crippen LogP contribution in [-0.2, 0) is 16.0 Å². The first-order valence-corrected chi connectivity index (χ1v) is 9.62. The molecule has 1 aliphatic heterocycles. The van der Waals surface area contributed by atoms with Crippen LogP contribution in [0, 0.1) is 0 Å². The normalized spacial score (nSPS) is 16.9. The van der Waals surface area contributed by atoms with Crippen LogP contribution in [-0.4, -0.2) is 40.7 Å². The maximum Gasteiger partial charge on any atom is 0.247 e. The average molecular weight is 377 g/mol. The third-order valence-corrected chi connectivity index (χ3v) is 4.86. The van der Waals surface area contributed by atoms with Crippen molar-refractivity contribution in [1.29, 1.82) is 0 Å². The molecular weight excluding hydrogens is 354 g/mol. The van der Waals surface area contributed by atoms with Gasteiger partial charge >= 0.3 is 0 Å². The maximum absolute atomic E-state index is 12.6. The number of benzene rings is 2. The van der Waals surface area contributed by atoms with Crippen LogP contribution < -0.4 is 0 Å². The summed E-state index contributed by atoms with van der Waals surface area (Å²) >= 11 is 0. The van der Waals surface area contributed by atoms with Crippen molar-refractivity contribution >= 4 is 5.91 Å². The van der Waals surface area contributed by atoms with Crippen molar-refractivity contribution in [1.82, 2.24) is 15.1 Å². The van der Waals surface area contributed by atoms with Gasteiger partial charge in [-0.1, -0.05) is 48.5 Å². The molecule has 28 heavy (non-hydrogen) atoms. The van der Waals surface area contributed by atoms with Gasteiger partial charge in [0, 0.05) is 24.9 Å². The van der Waals surface area contributed by atoms with Gasteiger partial charge in [0.25, 0.3) is 0 Å². The zero-order chi connectivity index (χ0) is 19.2. The van der Waals surface area contributed by atoms with Crippen molar-refractivity contribution in [3.63, 3.8) is 0 Å². The van der Waals surface area contributed by atoms with Crippen molar-refractivity contribution in [2.45, 2.75) is 25.4 Å². The Kier molecular flexibility index (Phi) is 5.77. The molecule has 0 N–H and O–H groups in total. The number of aryl methyl sites for hydroxylation is 1. The van der Waals surface area contributed by atoms with Gasteiger partial charge in [-0.2, -0.15) is 0 Å². The molecule has 2 aromatic carbocycles. The van der Waals surface area contributed by atoms with Crippen molar-refractivity contribution < 1.29 is 13.9 Å². The lowest BCUT2D eigenvalue weighted by molar-refractivity contribution is -0.139. The molecule has 4 rings (SSSR count). The van der Waals surface area contributed by atoms with E-state index in [1.165, 1.54) is 0 Å². The van der Waals surface area contributed by atoms with Crippen LogP contribution in [0.25, 0.3) is 11.5 Å². The van der Waals surface area contributed by atoms with Crippen molar-refractivity contribution in [2.75, 3.05) is 19.7 Å². The summed E-state index contributed by atoms with van der Waals surface area (Å²) in [6, 6.07) is 19.7. The molecule has 0 bridgehead atoms. The summed E-state index contributed by atoms with van der Waals surface area (Å²) in [5, 5.41) is 8.18. The van der Waals surface area contributed by atoms with E-state index in [9.17, 15) is 4.79 Å². The Labute approximate surface area is 164 Å². The number of carbonyl (C=O) groups is 1. The second-order valence-electron chi connectivity index (χ2n) is 6.83. The minimum Gasteiger partial charge on any atom is -0.421 e. The van der Waals surface area contributed by atoms with E-state index < -0.39 is 0 Å². The molecule has 2 heterocycles. The molecule has 1 aliphatic rings. The first-order chi connectivity index (χ1) is 13.8. The van der Waals surface area contributed by atoms with Crippen molar-refractivity contribution in [3.05, 3.63) is 72.1 Å². The van der Waals surface area contributed by atoms with E-state index in [1.54, 1.807) is 0 Å². The van der Waals surface area contributed by atoms with E-state index in [2.05, 4.69) is 10.2 Å². The molecule has 0 aliphatic carbocycles. The first kappa shape index (κ1) is 18.4. The number of ether oxygens (including phenoxy) is 1. The van der Waals surface area contributed by atoms with E-state index in [0.717, 1.165) is 11.1 Å². The Morgan fingerprint density at radius 3 is 2.57 bits per heavy atom. The third kappa shape index (κ3) is 4.46. The van der Waals surface area contributed by atoms with Crippen molar-refractivity contribution in [3.8, 4) is 11.5 Å². The zero-order valence-electron chi connectivity index (χ0n) is 15.7. The zero-order valence-corrected chi connectivity index (χ0v) is 15.7. The smallest absolute Gasteiger partial charge is 0.247 e. The first-order valence-electron chi connectivity index (χ1n) is 9.62. The number of nitrogens with zero attached hydrogens (tertiary/aromatic N) is 3. The molecule has 1 aromatic heterocycles. The average Bonchev–Trinajstić information content (AvgIpc) is 3.24. The fourth-order valence-corrected chi connectivity index (χ4v) is 3.35. The second kappa shape index (κ2) is 8.80. The summed E-state index contributed by atoms with van der Waals surface area (Å²) in [6.07, 6.45) is 1.69. The van der Waals surface area contributed by atoms with Gasteiger partial charge < -0.3 is 14.1 Å². The molecule has 6 heteroatoms. The van der Waals surface area contributed by atoms with Crippen LogP contribution in [0.1, 0.15) is 30.4 Å². The summed E-state index contributed by atoms with van der Waals surface area (Å²) in [6.45, 7) is 1.80. The van der Waals surface area contributed by atoms with Crippen LogP contribution in [0.2, 0.25) is 0 Å². The van der Waals surface area contributed by atoms with E-state index in [1.807, 2.05) is 65.6 Å². The van der Waals surface area contributed by atoms with Crippen LogP contribution in [0.5, 0.6) is 0 Å². The van der Waals surface area contributed by atoms with E-state index in [0.29, 0.717) is 50.7 Å². The summed E-state index contributed by atoms with van der Waals surface area (Å²) in [5.74, 6) is 1.23. The number of amides is 1. The van der Waals surface area contributed by atoms with Gasteiger partial charge in [0.1, 0.15) is 6.10 Å². The lowest BCUT2D eigenvalue weighted by atomic mass is 10.1. The Hall–Kier alpha value is -2.99. The molecule has 0 saturated carbocycles. The van der Waals surface area contributed by atoms with Crippen LogP contribution >= 0.6 is 0 Å². The quantitative estimate of drug-likeness (QED) is 0.656. The lowest BCUT2D eigenvalue weighted by Crippen LogP contribution is -2.42.